The Kier molecular flexibility index (Phi) is 14.2. The van der Waals surface area contributed by atoms with E-state index in [0.29, 0.717) is 19.6 Å². The molecule has 2 rings (SSSR count). The Hall–Kier alpha value is -0.990. The van der Waals surface area contributed by atoms with Crippen LogP contribution in [0.2, 0.25) is 0 Å². The number of esters is 1. The summed E-state index contributed by atoms with van der Waals surface area (Å²) >= 11 is 0. The van der Waals surface area contributed by atoms with Gasteiger partial charge in [-0.3, -0.25) is 4.79 Å². The highest BCUT2D eigenvalue weighted by Gasteiger charge is 2.55. The number of hydrogen-bond donors (Lipinski definition) is 2. The predicted octanol–water partition coefficient (Wildman–Crippen LogP) is 4.43. The number of allylic oxidation sites excluding steroid dienone is 2. The molecular weight excluding hydrogens is 424 g/mol. The van der Waals surface area contributed by atoms with Gasteiger partial charge in [0.2, 0.25) is 5.79 Å². The summed E-state index contributed by atoms with van der Waals surface area (Å²) in [5.74, 6) is -1.73. The van der Waals surface area contributed by atoms with Gasteiger partial charge in [0.25, 0.3) is 0 Å². The van der Waals surface area contributed by atoms with E-state index in [1.807, 2.05) is 0 Å². The maximum absolute atomic E-state index is 12.3. The van der Waals surface area contributed by atoms with Crippen molar-refractivity contribution in [2.75, 3.05) is 26.4 Å². The van der Waals surface area contributed by atoms with E-state index in [0.717, 1.165) is 25.7 Å². The van der Waals surface area contributed by atoms with Crippen molar-refractivity contribution >= 4 is 5.97 Å². The fraction of sp³-hybridized carbons (Fsp3) is 0.885. The van der Waals surface area contributed by atoms with Gasteiger partial charge in [-0.1, -0.05) is 70.4 Å². The van der Waals surface area contributed by atoms with Crippen molar-refractivity contribution in [3.05, 3.63) is 12.2 Å². The van der Waals surface area contributed by atoms with Crippen molar-refractivity contribution in [2.24, 2.45) is 0 Å². The molecule has 2 fully saturated rings. The summed E-state index contributed by atoms with van der Waals surface area (Å²) in [4.78, 5) is 12.3. The van der Waals surface area contributed by atoms with E-state index in [4.69, 9.17) is 18.9 Å². The standard InChI is InChI=1S/C26H46O7/c1-2-3-4-5-6-7-8-9-10-11-12-13-14-15-16-17-23(29)33-24-22(28)20-30-25(24)26(21-27)31-18-19-32-26/h9-10,22,24-25,27-28H,2-8,11-21H2,1H3/b10-9-/t22-,24+,25-/m0/s1. The molecule has 192 valence electrons. The molecule has 0 saturated carbocycles. The first kappa shape index (κ1) is 28.2. The molecule has 0 amide bonds. The van der Waals surface area contributed by atoms with Crippen molar-refractivity contribution in [2.45, 2.75) is 121 Å². The first-order valence-corrected chi connectivity index (χ1v) is 13.2. The number of carbonyl (C=O) groups excluding carboxylic acids is 1. The molecule has 2 N–H and O–H groups in total. The lowest BCUT2D eigenvalue weighted by atomic mass is 10.0. The highest BCUT2D eigenvalue weighted by Crippen LogP contribution is 2.33. The Labute approximate surface area is 199 Å². The third kappa shape index (κ3) is 10.0. The van der Waals surface area contributed by atoms with Crippen LogP contribution in [0, 0.1) is 0 Å². The third-order valence-corrected chi connectivity index (χ3v) is 6.46. The molecule has 0 aromatic rings. The number of hydrogen-bond acceptors (Lipinski definition) is 7. The fourth-order valence-electron chi connectivity index (χ4n) is 4.48. The highest BCUT2D eigenvalue weighted by atomic mass is 16.8. The topological polar surface area (TPSA) is 94.5 Å². The molecule has 2 heterocycles. The first-order chi connectivity index (χ1) is 16.1. The minimum atomic E-state index is -1.37. The second kappa shape index (κ2) is 16.6. The maximum atomic E-state index is 12.3. The predicted molar refractivity (Wildman–Crippen MR) is 127 cm³/mol. The number of aliphatic hydroxyl groups is 2. The minimum absolute atomic E-state index is 0.0183. The molecule has 0 aromatic carbocycles. The Bertz CT molecular complexity index is 545. The number of aliphatic hydroxyl groups excluding tert-OH is 2. The molecule has 0 unspecified atom stereocenters. The molecule has 0 bridgehead atoms. The summed E-state index contributed by atoms with van der Waals surface area (Å²) in [7, 11) is 0. The van der Waals surface area contributed by atoms with Gasteiger partial charge in [0.05, 0.1) is 19.8 Å². The molecule has 0 aromatic heterocycles. The smallest absolute Gasteiger partial charge is 0.306 e. The summed E-state index contributed by atoms with van der Waals surface area (Å²) < 4.78 is 22.1. The fourth-order valence-corrected chi connectivity index (χ4v) is 4.48. The van der Waals surface area contributed by atoms with Crippen molar-refractivity contribution < 1.29 is 34.0 Å². The molecule has 0 spiro atoms. The van der Waals surface area contributed by atoms with Crippen LogP contribution in [0.4, 0.5) is 0 Å². The van der Waals surface area contributed by atoms with Crippen molar-refractivity contribution in [3.63, 3.8) is 0 Å². The lowest BCUT2D eigenvalue weighted by Crippen LogP contribution is -2.54. The van der Waals surface area contributed by atoms with Crippen LogP contribution in [0.5, 0.6) is 0 Å². The molecular formula is C26H46O7. The van der Waals surface area contributed by atoms with E-state index in [-0.39, 0.29) is 12.6 Å². The minimum Gasteiger partial charge on any atom is -0.456 e. The zero-order valence-electron chi connectivity index (χ0n) is 20.6. The lowest BCUT2D eigenvalue weighted by Gasteiger charge is -2.33. The monoisotopic (exact) mass is 470 g/mol. The van der Waals surface area contributed by atoms with Crippen LogP contribution < -0.4 is 0 Å². The summed E-state index contributed by atoms with van der Waals surface area (Å²) in [5, 5.41) is 19.9. The second-order valence-corrected chi connectivity index (χ2v) is 9.28. The van der Waals surface area contributed by atoms with Gasteiger partial charge in [-0.25, -0.2) is 0 Å². The van der Waals surface area contributed by atoms with E-state index in [1.54, 1.807) is 0 Å². The van der Waals surface area contributed by atoms with Gasteiger partial charge in [-0.2, -0.15) is 0 Å². The zero-order valence-corrected chi connectivity index (χ0v) is 20.6. The molecule has 0 radical (unpaired) electrons. The van der Waals surface area contributed by atoms with Gasteiger partial charge < -0.3 is 29.2 Å². The van der Waals surface area contributed by atoms with E-state index in [1.165, 1.54) is 57.8 Å². The molecule has 0 aliphatic carbocycles. The maximum Gasteiger partial charge on any atom is 0.306 e. The van der Waals surface area contributed by atoms with Gasteiger partial charge in [-0.15, -0.1) is 0 Å². The SMILES string of the molecule is CCCCCCCC/C=C\CCCCCCCC(=O)O[C@@H]1[C@@H](O)CO[C@@H]1C1(CO)OCCO1. The van der Waals surface area contributed by atoms with Crippen LogP contribution in [-0.4, -0.2) is 66.7 Å². The Morgan fingerprint density at radius 1 is 0.939 bits per heavy atom. The Morgan fingerprint density at radius 2 is 1.52 bits per heavy atom. The van der Waals surface area contributed by atoms with Crippen LogP contribution in [0.1, 0.15) is 96.8 Å². The van der Waals surface area contributed by atoms with Gasteiger partial charge in [0, 0.05) is 6.42 Å². The van der Waals surface area contributed by atoms with Crippen LogP contribution in [0.3, 0.4) is 0 Å². The van der Waals surface area contributed by atoms with Gasteiger partial charge in [0.15, 0.2) is 12.2 Å². The molecule has 2 saturated heterocycles. The molecule has 7 heteroatoms. The molecule has 2 aliphatic rings. The molecule has 33 heavy (non-hydrogen) atoms. The first-order valence-electron chi connectivity index (χ1n) is 13.2. The van der Waals surface area contributed by atoms with Gasteiger partial charge >= 0.3 is 5.97 Å². The average Bonchev–Trinajstić information content (AvgIpc) is 3.44. The van der Waals surface area contributed by atoms with E-state index in [2.05, 4.69) is 19.1 Å². The van der Waals surface area contributed by atoms with E-state index in [9.17, 15) is 15.0 Å². The number of carbonyl (C=O) groups is 1. The largest absolute Gasteiger partial charge is 0.456 e. The quantitative estimate of drug-likeness (QED) is 0.174. The van der Waals surface area contributed by atoms with Crippen molar-refractivity contribution in [1.82, 2.24) is 0 Å². The third-order valence-electron chi connectivity index (χ3n) is 6.46. The lowest BCUT2D eigenvalue weighted by molar-refractivity contribution is -0.257. The normalized spacial score (nSPS) is 24.6. The molecule has 7 nitrogen and oxygen atoms in total. The molecule has 2 aliphatic heterocycles. The summed E-state index contributed by atoms with van der Waals surface area (Å²) in [6, 6.07) is 0. The molecule has 3 atom stereocenters. The van der Waals surface area contributed by atoms with E-state index < -0.39 is 30.7 Å². The second-order valence-electron chi connectivity index (χ2n) is 9.28. The van der Waals surface area contributed by atoms with Crippen molar-refractivity contribution in [1.29, 1.82) is 0 Å². The van der Waals surface area contributed by atoms with Gasteiger partial charge in [0.1, 0.15) is 12.7 Å². The Morgan fingerprint density at radius 3 is 2.12 bits per heavy atom. The van der Waals surface area contributed by atoms with E-state index >= 15 is 0 Å². The zero-order chi connectivity index (χ0) is 23.8. The van der Waals surface area contributed by atoms with Crippen LogP contribution in [0.25, 0.3) is 0 Å². The summed E-state index contributed by atoms with van der Waals surface area (Å²) in [5.41, 5.74) is 0. The van der Waals surface area contributed by atoms with Crippen molar-refractivity contribution in [3.8, 4) is 0 Å². The average molecular weight is 471 g/mol. The highest BCUT2D eigenvalue weighted by molar-refractivity contribution is 5.69. The van der Waals surface area contributed by atoms with Crippen LogP contribution in [-0.2, 0) is 23.7 Å². The Balaban J connectivity index is 1.49. The summed E-state index contributed by atoms with van der Waals surface area (Å²) in [6.45, 7) is 2.50. The number of ether oxygens (including phenoxy) is 4. The summed E-state index contributed by atoms with van der Waals surface area (Å²) in [6.07, 6.45) is 17.9. The number of rotatable bonds is 18. The van der Waals surface area contributed by atoms with Crippen LogP contribution in [0.15, 0.2) is 12.2 Å². The van der Waals surface area contributed by atoms with Crippen LogP contribution >= 0.6 is 0 Å². The van der Waals surface area contributed by atoms with Gasteiger partial charge in [-0.05, 0) is 32.1 Å². The number of unbranched alkanes of at least 4 members (excludes halogenated alkanes) is 11.